The first kappa shape index (κ1) is 17.9. The van der Waals surface area contributed by atoms with Gasteiger partial charge < -0.3 is 8.83 Å². The van der Waals surface area contributed by atoms with Crippen LogP contribution < -0.4 is 0 Å². The van der Waals surface area contributed by atoms with Crippen molar-refractivity contribution >= 4 is 87.0 Å². The van der Waals surface area contributed by atoms with Gasteiger partial charge in [0.05, 0.1) is 31.5 Å². The second kappa shape index (κ2) is 12.8. The normalized spacial score (nSPS) is 17.4. The third kappa shape index (κ3) is 4.95. The second-order valence-electron chi connectivity index (χ2n) is 14.1. The Kier molecular flexibility index (Phi) is 3.81. The van der Waals surface area contributed by atoms with E-state index >= 15 is 0 Å². The minimum atomic E-state index is -0.925. The van der Waals surface area contributed by atoms with Crippen molar-refractivity contribution in [3.8, 4) is 44.5 Å². The van der Waals surface area contributed by atoms with E-state index in [0.717, 1.165) is 21.9 Å². The molecule has 0 N–H and O–H groups in total. The number of para-hydroxylation sites is 1. The highest BCUT2D eigenvalue weighted by Crippen LogP contribution is 2.45. The molecule has 2 nitrogen and oxygen atoms in total. The molecule has 0 radical (unpaired) electrons. The van der Waals surface area contributed by atoms with E-state index < -0.39 is 194 Å². The van der Waals surface area contributed by atoms with Gasteiger partial charge in [0.2, 0.25) is 0 Å². The number of rotatable bonds is 4. The van der Waals surface area contributed by atoms with Crippen LogP contribution in [0.25, 0.3) is 131 Å². The molecular weight excluding hydrogens is 729 g/mol. The van der Waals surface area contributed by atoms with Gasteiger partial charge in [-0.05, 0) is 130 Å². The summed E-state index contributed by atoms with van der Waals surface area (Å²) in [5, 5.41) is -1.64. The first-order chi connectivity index (χ1) is 39.3. The Balaban J connectivity index is 1.11. The predicted molar refractivity (Wildman–Crippen MR) is 253 cm³/mol. The van der Waals surface area contributed by atoms with Gasteiger partial charge in [-0.3, -0.25) is 0 Å². The molecule has 0 aliphatic rings. The highest BCUT2D eigenvalue weighted by molar-refractivity contribution is 6.26. The summed E-state index contributed by atoms with van der Waals surface area (Å²) in [7, 11) is 0. The average molecular weight is 786 g/mol. The molecule has 0 aliphatic heterocycles. The van der Waals surface area contributed by atoms with E-state index in [1.165, 1.54) is 0 Å². The zero-order valence-corrected chi connectivity index (χ0v) is 30.7. The standard InChI is InChI=1S/C58H34O2/c1-2-12-43-35(10-1)11-9-18-44(43)36-20-22-37(23-21-36)55-45-13-3-5-15-47(45)56(48-16-6-4-14-46(48)55)42-27-26-38-32-39(24-25-40(38)33-42)41-28-29-50-54(34-41)60-53-31-30-52-57(58(50)53)49-17-7-8-19-51(49)59-52/h1-34H/i3D,4D,5D,6D,7D,8D,13D,14D,15D,16D,17D,19D,24D,25D,26D,27D,28D,29D,30D,31D,32D,33D,34D. The van der Waals surface area contributed by atoms with Gasteiger partial charge in [-0.1, -0.05) is 163 Å². The molecule has 60 heavy (non-hydrogen) atoms. The Labute approximate surface area is 377 Å². The lowest BCUT2D eigenvalue weighted by molar-refractivity contribution is 0.663. The van der Waals surface area contributed by atoms with Crippen molar-refractivity contribution in [3.63, 3.8) is 0 Å². The van der Waals surface area contributed by atoms with Crippen LogP contribution in [0.3, 0.4) is 0 Å². The topological polar surface area (TPSA) is 26.3 Å². The van der Waals surface area contributed by atoms with Crippen molar-refractivity contribution in [2.24, 2.45) is 0 Å². The maximum absolute atomic E-state index is 9.90. The van der Waals surface area contributed by atoms with E-state index in [2.05, 4.69) is 0 Å². The first-order valence-corrected chi connectivity index (χ1v) is 18.7. The summed E-state index contributed by atoms with van der Waals surface area (Å²) in [6.07, 6.45) is 0. The summed E-state index contributed by atoms with van der Waals surface area (Å²) in [5.74, 6) is 0. The minimum Gasteiger partial charge on any atom is -0.456 e. The molecule has 0 saturated heterocycles. The number of fused-ring (bicyclic) bond motifs is 11. The minimum absolute atomic E-state index is 0.0399. The molecule has 0 spiro atoms. The smallest absolute Gasteiger partial charge is 0.136 e. The predicted octanol–water partition coefficient (Wildman–Crippen LogP) is 16.8. The monoisotopic (exact) mass is 785 g/mol. The molecule has 2 heterocycles. The van der Waals surface area contributed by atoms with Crippen LogP contribution in [0.4, 0.5) is 0 Å². The maximum atomic E-state index is 9.90. The highest BCUT2D eigenvalue weighted by Gasteiger charge is 2.19. The largest absolute Gasteiger partial charge is 0.456 e. The average Bonchev–Trinajstić information content (AvgIpc) is 1.87. The van der Waals surface area contributed by atoms with Gasteiger partial charge in [-0.15, -0.1) is 0 Å². The van der Waals surface area contributed by atoms with Crippen molar-refractivity contribution in [1.29, 1.82) is 0 Å². The Morgan fingerprint density at radius 3 is 1.53 bits per heavy atom. The summed E-state index contributed by atoms with van der Waals surface area (Å²) < 4.78 is 223. The molecule has 0 aliphatic carbocycles. The van der Waals surface area contributed by atoms with Gasteiger partial charge in [0.15, 0.2) is 0 Å². The fraction of sp³-hybridized carbons (Fsp3) is 0. The lowest BCUT2D eigenvalue weighted by atomic mass is 9.85. The van der Waals surface area contributed by atoms with Crippen LogP contribution in [0.5, 0.6) is 0 Å². The molecule has 0 saturated carbocycles. The van der Waals surface area contributed by atoms with Crippen LogP contribution in [-0.2, 0) is 0 Å². The molecule has 0 bridgehead atoms. The van der Waals surface area contributed by atoms with E-state index in [4.69, 9.17) is 22.5 Å². The summed E-state index contributed by atoms with van der Waals surface area (Å²) in [6.45, 7) is 0. The molecule has 0 atom stereocenters. The van der Waals surface area contributed by atoms with Crippen molar-refractivity contribution < 1.29 is 40.4 Å². The van der Waals surface area contributed by atoms with E-state index in [0.29, 0.717) is 0 Å². The number of hydrogen-bond donors (Lipinski definition) is 0. The van der Waals surface area contributed by atoms with Crippen molar-refractivity contribution in [2.45, 2.75) is 0 Å². The van der Waals surface area contributed by atoms with Gasteiger partial charge >= 0.3 is 0 Å². The van der Waals surface area contributed by atoms with E-state index in [1.54, 1.807) is 24.3 Å². The molecule has 13 rings (SSSR count). The zero-order chi connectivity index (χ0) is 59.3. The molecule has 11 aromatic carbocycles. The van der Waals surface area contributed by atoms with Crippen LogP contribution in [0.15, 0.2) is 215 Å². The van der Waals surface area contributed by atoms with Gasteiger partial charge in [0.25, 0.3) is 0 Å². The van der Waals surface area contributed by atoms with Gasteiger partial charge in [-0.2, -0.15) is 0 Å². The third-order valence-electron chi connectivity index (χ3n) is 10.9. The van der Waals surface area contributed by atoms with Crippen LogP contribution in [0.2, 0.25) is 0 Å². The van der Waals surface area contributed by atoms with Gasteiger partial charge in [-0.25, -0.2) is 0 Å². The fourth-order valence-corrected chi connectivity index (χ4v) is 8.20. The Bertz CT molecular complexity index is 5150. The molecule has 278 valence electrons. The quantitative estimate of drug-likeness (QED) is 0.166. The summed E-state index contributed by atoms with van der Waals surface area (Å²) >= 11 is 0. The van der Waals surface area contributed by atoms with Crippen LogP contribution in [-0.4, -0.2) is 0 Å². The molecule has 2 heteroatoms. The molecule has 2 aromatic heterocycles. The molecule has 0 fully saturated rings. The molecular formula is C58H34O2. The van der Waals surface area contributed by atoms with E-state index in [9.17, 15) is 17.8 Å². The summed E-state index contributed by atoms with van der Waals surface area (Å²) in [6, 6.07) is 3.03. The van der Waals surface area contributed by atoms with Crippen LogP contribution >= 0.6 is 0 Å². The van der Waals surface area contributed by atoms with Crippen molar-refractivity contribution in [1.82, 2.24) is 0 Å². The number of furan rings is 2. The van der Waals surface area contributed by atoms with Gasteiger partial charge in [0.1, 0.15) is 22.3 Å². The van der Waals surface area contributed by atoms with Crippen molar-refractivity contribution in [3.05, 3.63) is 206 Å². The molecule has 0 amide bonds. The number of benzene rings is 11. The Morgan fingerprint density at radius 2 is 0.817 bits per heavy atom. The lowest BCUT2D eigenvalue weighted by Gasteiger charge is -2.18. The fourth-order valence-electron chi connectivity index (χ4n) is 8.20. The first-order valence-electron chi connectivity index (χ1n) is 30.2. The number of hydrogen-bond acceptors (Lipinski definition) is 2. The SMILES string of the molecule is [2H]c1c([2H])c([2H])c2c(oc3c([2H])c([2H])c4oc5c([2H])c(-c6c([2H])c([2H])c7c([2H])c(-c8c9c([2H])c([2H])c([2H])c([2H])c9c(-c9ccc(-c%10cccc%11ccccc%10%11)cc9)c9c([2H])c([2H])c([2H])c([2H])c89)c([2H])c([2H])c7c6[2H])c([2H])c([2H])c5c4c32)c1[2H]. The zero-order valence-electron chi connectivity index (χ0n) is 53.7. The second-order valence-corrected chi connectivity index (χ2v) is 14.1. The highest BCUT2D eigenvalue weighted by atomic mass is 16.3. The lowest BCUT2D eigenvalue weighted by Crippen LogP contribution is -1.91. The maximum Gasteiger partial charge on any atom is 0.136 e. The third-order valence-corrected chi connectivity index (χ3v) is 10.9. The van der Waals surface area contributed by atoms with E-state index in [-0.39, 0.29) is 54.6 Å². The Hall–Kier alpha value is -7.94. The van der Waals surface area contributed by atoms with Crippen LogP contribution in [0.1, 0.15) is 31.5 Å². The summed E-state index contributed by atoms with van der Waals surface area (Å²) in [5.41, 5.74) is -2.36. The Morgan fingerprint density at radius 1 is 0.300 bits per heavy atom. The summed E-state index contributed by atoms with van der Waals surface area (Å²) in [4.78, 5) is 0. The van der Waals surface area contributed by atoms with E-state index in [1.807, 2.05) is 42.5 Å². The van der Waals surface area contributed by atoms with Gasteiger partial charge in [0, 0.05) is 21.5 Å². The molecule has 0 unspecified atom stereocenters. The van der Waals surface area contributed by atoms with Crippen LogP contribution in [0, 0.1) is 0 Å². The molecule has 13 aromatic rings. The van der Waals surface area contributed by atoms with Crippen molar-refractivity contribution in [2.75, 3.05) is 0 Å².